The Morgan fingerprint density at radius 1 is 1.33 bits per heavy atom. The summed E-state index contributed by atoms with van der Waals surface area (Å²) in [5, 5.41) is 3.76. The van der Waals surface area contributed by atoms with Crippen LogP contribution in [-0.4, -0.2) is 23.6 Å². The smallest absolute Gasteiger partial charge is 0.145 e. The van der Waals surface area contributed by atoms with Crippen LogP contribution in [0.5, 0.6) is 5.75 Å². The molecule has 0 saturated heterocycles. The van der Waals surface area contributed by atoms with Gasteiger partial charge < -0.3 is 10.1 Å². The minimum atomic E-state index is 0.640. The van der Waals surface area contributed by atoms with Crippen molar-refractivity contribution >= 4 is 17.4 Å². The van der Waals surface area contributed by atoms with Crippen molar-refractivity contribution in [2.45, 2.75) is 6.92 Å². The Kier molecular flexibility index (Phi) is 3.99. The first-order valence-electron chi connectivity index (χ1n) is 5.64. The fraction of sp³-hybridized carbons (Fsp3) is 0.231. The first-order valence-corrected chi connectivity index (χ1v) is 6.02. The van der Waals surface area contributed by atoms with Gasteiger partial charge in [-0.3, -0.25) is 4.98 Å². The number of nitrogens with one attached hydrogen (secondary N) is 1. The van der Waals surface area contributed by atoms with Gasteiger partial charge in [-0.05, 0) is 25.1 Å². The highest BCUT2D eigenvalue weighted by molar-refractivity contribution is 6.30. The Bertz CT molecular complexity index is 546. The molecular weight excluding hydrogens is 250 g/mol. The minimum Gasteiger partial charge on any atom is -0.496 e. The number of ether oxygens (including phenoxy) is 1. The van der Waals surface area contributed by atoms with E-state index in [-0.39, 0.29) is 0 Å². The van der Waals surface area contributed by atoms with Crippen LogP contribution >= 0.6 is 11.6 Å². The van der Waals surface area contributed by atoms with E-state index in [1.807, 2.05) is 19.1 Å². The van der Waals surface area contributed by atoms with E-state index in [0.717, 1.165) is 29.4 Å². The van der Waals surface area contributed by atoms with E-state index in [4.69, 9.17) is 16.3 Å². The van der Waals surface area contributed by atoms with Crippen molar-refractivity contribution in [3.05, 3.63) is 35.6 Å². The molecule has 0 unspecified atom stereocenters. The highest BCUT2D eigenvalue weighted by Gasteiger charge is 2.09. The zero-order chi connectivity index (χ0) is 13.0. The van der Waals surface area contributed by atoms with Crippen LogP contribution in [0.1, 0.15) is 6.92 Å². The SMILES string of the molecule is CCNc1cncc(-c2cc(Cl)ccc2OC)n1. The predicted molar refractivity (Wildman–Crippen MR) is 73.2 cm³/mol. The maximum Gasteiger partial charge on any atom is 0.145 e. The molecule has 1 N–H and O–H groups in total. The van der Waals surface area contributed by atoms with E-state index in [1.165, 1.54) is 0 Å². The van der Waals surface area contributed by atoms with Crippen molar-refractivity contribution < 1.29 is 4.74 Å². The van der Waals surface area contributed by atoms with Gasteiger partial charge in [-0.25, -0.2) is 4.98 Å². The molecule has 18 heavy (non-hydrogen) atoms. The van der Waals surface area contributed by atoms with Gasteiger partial charge >= 0.3 is 0 Å². The van der Waals surface area contributed by atoms with Crippen LogP contribution in [0.25, 0.3) is 11.3 Å². The number of hydrogen-bond acceptors (Lipinski definition) is 4. The molecule has 0 aliphatic carbocycles. The number of aromatic nitrogens is 2. The van der Waals surface area contributed by atoms with Crippen LogP contribution in [-0.2, 0) is 0 Å². The predicted octanol–water partition coefficient (Wildman–Crippen LogP) is 3.24. The number of benzene rings is 1. The first-order chi connectivity index (χ1) is 8.74. The summed E-state index contributed by atoms with van der Waals surface area (Å²) < 4.78 is 5.31. The lowest BCUT2D eigenvalue weighted by Crippen LogP contribution is -2.01. The molecule has 0 saturated carbocycles. The third kappa shape index (κ3) is 2.71. The second kappa shape index (κ2) is 5.69. The summed E-state index contributed by atoms with van der Waals surface area (Å²) in [6.45, 7) is 2.80. The van der Waals surface area contributed by atoms with Crippen LogP contribution in [0.15, 0.2) is 30.6 Å². The van der Waals surface area contributed by atoms with E-state index in [2.05, 4.69) is 15.3 Å². The molecule has 0 bridgehead atoms. The normalized spacial score (nSPS) is 10.2. The van der Waals surface area contributed by atoms with Crippen molar-refractivity contribution in [1.29, 1.82) is 0 Å². The van der Waals surface area contributed by atoms with E-state index >= 15 is 0 Å². The average Bonchev–Trinajstić information content (AvgIpc) is 2.39. The maximum atomic E-state index is 6.01. The maximum absolute atomic E-state index is 6.01. The largest absolute Gasteiger partial charge is 0.496 e. The van der Waals surface area contributed by atoms with Gasteiger partial charge in [0.25, 0.3) is 0 Å². The summed E-state index contributed by atoms with van der Waals surface area (Å²) in [7, 11) is 1.62. The zero-order valence-corrected chi connectivity index (χ0v) is 11.0. The number of nitrogens with zero attached hydrogens (tertiary/aromatic N) is 2. The molecule has 0 atom stereocenters. The van der Waals surface area contributed by atoms with E-state index in [0.29, 0.717) is 5.02 Å². The highest BCUT2D eigenvalue weighted by atomic mass is 35.5. The monoisotopic (exact) mass is 263 g/mol. The Hall–Kier alpha value is -1.81. The summed E-state index contributed by atoms with van der Waals surface area (Å²) in [5.41, 5.74) is 1.56. The molecule has 0 aliphatic rings. The van der Waals surface area contributed by atoms with Crippen LogP contribution < -0.4 is 10.1 Å². The Labute approximate surface area is 111 Å². The first kappa shape index (κ1) is 12.6. The molecule has 2 rings (SSSR count). The molecule has 0 fully saturated rings. The number of hydrogen-bond donors (Lipinski definition) is 1. The summed E-state index contributed by atoms with van der Waals surface area (Å²) in [6.07, 6.45) is 3.37. The molecule has 1 heterocycles. The van der Waals surface area contributed by atoms with Gasteiger partial charge in [0.05, 0.1) is 25.2 Å². The van der Waals surface area contributed by atoms with Gasteiger partial charge in [0.15, 0.2) is 0 Å². The van der Waals surface area contributed by atoms with Crippen molar-refractivity contribution in [1.82, 2.24) is 9.97 Å². The van der Waals surface area contributed by atoms with E-state index < -0.39 is 0 Å². The van der Waals surface area contributed by atoms with Crippen molar-refractivity contribution in [3.8, 4) is 17.0 Å². The summed E-state index contributed by atoms with van der Waals surface area (Å²) >= 11 is 6.01. The molecule has 1 aromatic carbocycles. The lowest BCUT2D eigenvalue weighted by atomic mass is 10.1. The molecule has 94 valence electrons. The number of anilines is 1. The Balaban J connectivity index is 2.47. The van der Waals surface area contributed by atoms with Crippen molar-refractivity contribution in [2.24, 2.45) is 0 Å². The average molecular weight is 264 g/mol. The lowest BCUT2D eigenvalue weighted by molar-refractivity contribution is 0.416. The number of methoxy groups -OCH3 is 1. The zero-order valence-electron chi connectivity index (χ0n) is 10.3. The van der Waals surface area contributed by atoms with Gasteiger partial charge in [-0.1, -0.05) is 11.6 Å². The van der Waals surface area contributed by atoms with Gasteiger partial charge in [-0.15, -0.1) is 0 Å². The van der Waals surface area contributed by atoms with Crippen LogP contribution in [0.3, 0.4) is 0 Å². The van der Waals surface area contributed by atoms with E-state index in [1.54, 1.807) is 25.6 Å². The molecule has 0 aliphatic heterocycles. The number of halogens is 1. The topological polar surface area (TPSA) is 47.0 Å². The minimum absolute atomic E-state index is 0.640. The van der Waals surface area contributed by atoms with Gasteiger partial charge in [0, 0.05) is 17.1 Å². The van der Waals surface area contributed by atoms with Gasteiger partial charge in [0.1, 0.15) is 11.6 Å². The molecule has 0 spiro atoms. The fourth-order valence-corrected chi connectivity index (χ4v) is 1.81. The third-order valence-corrected chi connectivity index (χ3v) is 2.67. The quantitative estimate of drug-likeness (QED) is 0.920. The summed E-state index contributed by atoms with van der Waals surface area (Å²) in [6, 6.07) is 5.42. The van der Waals surface area contributed by atoms with Gasteiger partial charge in [-0.2, -0.15) is 0 Å². The fourth-order valence-electron chi connectivity index (χ4n) is 1.64. The summed E-state index contributed by atoms with van der Waals surface area (Å²) in [5.74, 6) is 1.46. The van der Waals surface area contributed by atoms with Crippen LogP contribution in [0, 0.1) is 0 Å². The summed E-state index contributed by atoms with van der Waals surface area (Å²) in [4.78, 5) is 8.63. The standard InChI is InChI=1S/C13H14ClN3O/c1-3-16-13-8-15-7-11(17-13)10-6-9(14)4-5-12(10)18-2/h4-8H,3H2,1-2H3,(H,16,17). The van der Waals surface area contributed by atoms with Crippen LogP contribution in [0.4, 0.5) is 5.82 Å². The second-order valence-electron chi connectivity index (χ2n) is 3.66. The second-order valence-corrected chi connectivity index (χ2v) is 4.10. The molecular formula is C13H14ClN3O. The molecule has 4 nitrogen and oxygen atoms in total. The molecule has 5 heteroatoms. The van der Waals surface area contributed by atoms with Crippen molar-refractivity contribution in [3.63, 3.8) is 0 Å². The molecule has 1 aromatic heterocycles. The van der Waals surface area contributed by atoms with Crippen molar-refractivity contribution in [2.75, 3.05) is 19.0 Å². The lowest BCUT2D eigenvalue weighted by Gasteiger charge is -2.09. The highest BCUT2D eigenvalue weighted by Crippen LogP contribution is 2.31. The van der Waals surface area contributed by atoms with Gasteiger partial charge in [0.2, 0.25) is 0 Å². The van der Waals surface area contributed by atoms with E-state index in [9.17, 15) is 0 Å². The molecule has 0 amide bonds. The molecule has 2 aromatic rings. The third-order valence-electron chi connectivity index (χ3n) is 2.43. The van der Waals surface area contributed by atoms with Crippen LogP contribution in [0.2, 0.25) is 5.02 Å². The number of rotatable bonds is 4. The Morgan fingerprint density at radius 2 is 2.17 bits per heavy atom. The Morgan fingerprint density at radius 3 is 2.89 bits per heavy atom. The molecule has 0 radical (unpaired) electrons.